The van der Waals surface area contributed by atoms with E-state index in [2.05, 4.69) is 15.6 Å². The fourth-order valence-corrected chi connectivity index (χ4v) is 3.22. The van der Waals surface area contributed by atoms with Crippen molar-refractivity contribution in [1.82, 2.24) is 20.3 Å². The fraction of sp³-hybridized carbons (Fsp3) is 0.385. The minimum atomic E-state index is -0.994. The smallest absolute Gasteiger partial charge is 0.325 e. The Kier molecular flexibility index (Phi) is 4.16. The number of carboxylic acids is 1. The molecule has 2 aromatic heterocycles. The minimum Gasteiger partial charge on any atom is -0.480 e. The molecule has 0 aliphatic carbocycles. The van der Waals surface area contributed by atoms with Gasteiger partial charge >= 0.3 is 5.97 Å². The van der Waals surface area contributed by atoms with Crippen LogP contribution in [0.5, 0.6) is 0 Å². The summed E-state index contributed by atoms with van der Waals surface area (Å²) in [5.74, 6) is -1.17. The Hall–Kier alpha value is -2.26. The maximum absolute atomic E-state index is 12.1. The maximum atomic E-state index is 12.1. The first-order valence-corrected chi connectivity index (χ1v) is 7.52. The lowest BCUT2D eigenvalue weighted by atomic mass is 10.2. The number of nitrogens with zero attached hydrogens (tertiary/aromatic N) is 3. The molecule has 0 saturated heterocycles. The third-order valence-electron chi connectivity index (χ3n) is 3.16. The van der Waals surface area contributed by atoms with Crippen LogP contribution in [0.15, 0.2) is 12.3 Å². The second kappa shape index (κ2) is 6.24. The van der Waals surface area contributed by atoms with Gasteiger partial charge in [0.05, 0.1) is 30.8 Å². The highest BCUT2D eigenvalue weighted by molar-refractivity contribution is 7.14. The quantitative estimate of drug-likeness (QED) is 0.826. The highest BCUT2D eigenvalue weighted by Crippen LogP contribution is 2.26. The first-order valence-electron chi connectivity index (χ1n) is 6.70. The molecule has 0 unspecified atom stereocenters. The van der Waals surface area contributed by atoms with Gasteiger partial charge in [0.1, 0.15) is 12.2 Å². The summed E-state index contributed by atoms with van der Waals surface area (Å²) in [4.78, 5) is 24.5. The Morgan fingerprint density at radius 3 is 3.14 bits per heavy atom. The molecule has 1 aliphatic heterocycles. The summed E-state index contributed by atoms with van der Waals surface area (Å²) in [7, 11) is 0. The molecule has 0 fully saturated rings. The zero-order chi connectivity index (χ0) is 15.5. The van der Waals surface area contributed by atoms with Gasteiger partial charge in [0, 0.05) is 11.3 Å². The molecule has 116 valence electrons. The van der Waals surface area contributed by atoms with Crippen LogP contribution in [0.2, 0.25) is 0 Å². The standard InChI is InChI=1S/C13H14N4O4S/c18-12(19)6-17-5-9(15-16-17)4-14-13(20)11-3-8-7-21-2-1-10(8)22-11/h3,5H,1-2,4,6-7H2,(H,14,20)(H,18,19). The number of nitrogens with one attached hydrogen (secondary N) is 1. The van der Waals surface area contributed by atoms with Gasteiger partial charge in [0.15, 0.2) is 0 Å². The lowest BCUT2D eigenvalue weighted by molar-refractivity contribution is -0.137. The minimum absolute atomic E-state index is 0.174. The van der Waals surface area contributed by atoms with Gasteiger partial charge in [-0.15, -0.1) is 16.4 Å². The number of thiophene rings is 1. The van der Waals surface area contributed by atoms with Crippen molar-refractivity contribution in [2.24, 2.45) is 0 Å². The lowest BCUT2D eigenvalue weighted by Gasteiger charge is -2.10. The number of hydrogen-bond acceptors (Lipinski definition) is 6. The van der Waals surface area contributed by atoms with E-state index < -0.39 is 5.97 Å². The van der Waals surface area contributed by atoms with E-state index in [1.807, 2.05) is 6.07 Å². The molecule has 9 heteroatoms. The van der Waals surface area contributed by atoms with E-state index >= 15 is 0 Å². The Morgan fingerprint density at radius 2 is 2.36 bits per heavy atom. The second-order valence-electron chi connectivity index (χ2n) is 4.85. The Labute approximate surface area is 129 Å². The summed E-state index contributed by atoms with van der Waals surface area (Å²) in [6.07, 6.45) is 2.35. The Morgan fingerprint density at radius 1 is 1.50 bits per heavy atom. The Bertz CT molecular complexity index is 685. The van der Waals surface area contributed by atoms with Gasteiger partial charge in [-0.1, -0.05) is 5.21 Å². The zero-order valence-corrected chi connectivity index (χ0v) is 12.4. The van der Waals surface area contributed by atoms with Crippen molar-refractivity contribution in [3.63, 3.8) is 0 Å². The highest BCUT2D eigenvalue weighted by atomic mass is 32.1. The molecule has 1 amide bonds. The average molecular weight is 322 g/mol. The van der Waals surface area contributed by atoms with Crippen molar-refractivity contribution in [3.05, 3.63) is 33.3 Å². The molecule has 2 N–H and O–H groups in total. The number of carbonyl (C=O) groups excluding carboxylic acids is 1. The molecule has 8 nitrogen and oxygen atoms in total. The van der Waals surface area contributed by atoms with Crippen molar-refractivity contribution >= 4 is 23.2 Å². The predicted molar refractivity (Wildman–Crippen MR) is 76.5 cm³/mol. The van der Waals surface area contributed by atoms with Crippen molar-refractivity contribution in [1.29, 1.82) is 0 Å². The van der Waals surface area contributed by atoms with Crippen molar-refractivity contribution in [3.8, 4) is 0 Å². The number of rotatable bonds is 5. The molecule has 0 spiro atoms. The largest absolute Gasteiger partial charge is 0.480 e. The van der Waals surface area contributed by atoms with Gasteiger partial charge in [0.25, 0.3) is 5.91 Å². The number of hydrogen-bond donors (Lipinski definition) is 2. The van der Waals surface area contributed by atoms with E-state index in [-0.39, 0.29) is 19.0 Å². The summed E-state index contributed by atoms with van der Waals surface area (Å²) in [6, 6.07) is 1.86. The third-order valence-corrected chi connectivity index (χ3v) is 4.40. The van der Waals surface area contributed by atoms with E-state index in [0.717, 1.165) is 12.0 Å². The van der Waals surface area contributed by atoms with E-state index in [4.69, 9.17) is 9.84 Å². The van der Waals surface area contributed by atoms with Crippen LogP contribution < -0.4 is 5.32 Å². The molecule has 22 heavy (non-hydrogen) atoms. The zero-order valence-electron chi connectivity index (χ0n) is 11.6. The molecule has 0 aromatic carbocycles. The van der Waals surface area contributed by atoms with Crippen LogP contribution in [-0.4, -0.2) is 38.6 Å². The van der Waals surface area contributed by atoms with Crippen LogP contribution in [0.25, 0.3) is 0 Å². The molecule has 2 aromatic rings. The predicted octanol–water partition coefficient (Wildman–Crippen LogP) is 0.427. The molecule has 0 radical (unpaired) electrons. The molecule has 3 rings (SSSR count). The van der Waals surface area contributed by atoms with E-state index in [1.54, 1.807) is 0 Å². The summed E-state index contributed by atoms with van der Waals surface area (Å²) in [5, 5.41) is 18.9. The first-order chi connectivity index (χ1) is 10.6. The van der Waals surface area contributed by atoms with Gasteiger partial charge in [-0.25, -0.2) is 4.68 Å². The molecule has 3 heterocycles. The molecular weight excluding hydrogens is 308 g/mol. The van der Waals surface area contributed by atoms with E-state index in [0.29, 0.717) is 23.8 Å². The molecule has 0 atom stereocenters. The lowest BCUT2D eigenvalue weighted by Crippen LogP contribution is -2.22. The number of carboxylic acid groups (broad SMARTS) is 1. The van der Waals surface area contributed by atoms with Gasteiger partial charge in [-0.2, -0.15) is 0 Å². The van der Waals surface area contributed by atoms with Gasteiger partial charge in [0.2, 0.25) is 0 Å². The van der Waals surface area contributed by atoms with Crippen LogP contribution in [0.1, 0.15) is 25.8 Å². The molecule has 0 bridgehead atoms. The number of ether oxygens (including phenoxy) is 1. The molecule has 0 saturated carbocycles. The maximum Gasteiger partial charge on any atom is 0.325 e. The van der Waals surface area contributed by atoms with Gasteiger partial charge in [-0.05, 0) is 11.6 Å². The summed E-state index contributed by atoms with van der Waals surface area (Å²) >= 11 is 1.48. The van der Waals surface area contributed by atoms with Crippen LogP contribution >= 0.6 is 11.3 Å². The fourth-order valence-electron chi connectivity index (χ4n) is 2.15. The number of aromatic nitrogens is 3. The second-order valence-corrected chi connectivity index (χ2v) is 5.98. The van der Waals surface area contributed by atoms with Crippen molar-refractivity contribution in [2.45, 2.75) is 26.1 Å². The SMILES string of the molecule is O=C(O)Cn1cc(CNC(=O)c2cc3c(s2)CCOC3)nn1. The number of fused-ring (bicyclic) bond motifs is 1. The van der Waals surface area contributed by atoms with Crippen LogP contribution in [0.4, 0.5) is 0 Å². The number of carbonyl (C=O) groups is 2. The van der Waals surface area contributed by atoms with E-state index in [9.17, 15) is 9.59 Å². The van der Waals surface area contributed by atoms with Crippen LogP contribution in [0, 0.1) is 0 Å². The summed E-state index contributed by atoms with van der Waals surface area (Å²) in [5.41, 5.74) is 1.59. The summed E-state index contributed by atoms with van der Waals surface area (Å²) in [6.45, 7) is 1.21. The van der Waals surface area contributed by atoms with Crippen molar-refractivity contribution < 1.29 is 19.4 Å². The van der Waals surface area contributed by atoms with Crippen molar-refractivity contribution in [2.75, 3.05) is 6.61 Å². The first kappa shape index (κ1) is 14.7. The number of amides is 1. The molecule has 1 aliphatic rings. The average Bonchev–Trinajstić information content (AvgIpc) is 3.10. The normalized spacial score (nSPS) is 13.6. The monoisotopic (exact) mass is 322 g/mol. The highest BCUT2D eigenvalue weighted by Gasteiger charge is 2.17. The summed E-state index contributed by atoms with van der Waals surface area (Å²) < 4.78 is 6.57. The van der Waals surface area contributed by atoms with Gasteiger partial charge < -0.3 is 15.2 Å². The van der Waals surface area contributed by atoms with Crippen LogP contribution in [-0.2, 0) is 35.6 Å². The topological polar surface area (TPSA) is 106 Å². The third kappa shape index (κ3) is 3.31. The van der Waals surface area contributed by atoms with Gasteiger partial charge in [-0.3, -0.25) is 9.59 Å². The van der Waals surface area contributed by atoms with E-state index in [1.165, 1.54) is 27.1 Å². The molecular formula is C13H14N4O4S. The van der Waals surface area contributed by atoms with Crippen LogP contribution in [0.3, 0.4) is 0 Å². The Balaban J connectivity index is 1.59. The number of aliphatic carboxylic acids is 1.